The van der Waals surface area contributed by atoms with Gasteiger partial charge in [0.15, 0.2) is 0 Å². The van der Waals surface area contributed by atoms with Crippen LogP contribution in [0.4, 0.5) is 5.69 Å². The molecule has 0 saturated heterocycles. The lowest BCUT2D eigenvalue weighted by Crippen LogP contribution is -2.21. The minimum absolute atomic E-state index is 0.117. The van der Waals surface area contributed by atoms with Gasteiger partial charge in [0.25, 0.3) is 5.56 Å². The van der Waals surface area contributed by atoms with Crippen molar-refractivity contribution < 1.29 is 9.90 Å². The Labute approximate surface area is 144 Å². The minimum Gasteiger partial charge on any atom is -0.478 e. The summed E-state index contributed by atoms with van der Waals surface area (Å²) < 4.78 is 3.43. The summed E-state index contributed by atoms with van der Waals surface area (Å²) in [5.41, 5.74) is 3.19. The van der Waals surface area contributed by atoms with Gasteiger partial charge in [-0.05, 0) is 36.8 Å². The molecular formula is C19H19N3O3. The zero-order valence-corrected chi connectivity index (χ0v) is 14.1. The molecule has 0 aliphatic heterocycles. The Bertz CT molecular complexity index is 954. The predicted molar refractivity (Wildman–Crippen MR) is 96.5 cm³/mol. The van der Waals surface area contributed by atoms with Crippen LogP contribution in [0.15, 0.2) is 59.4 Å². The van der Waals surface area contributed by atoms with E-state index in [-0.39, 0.29) is 11.1 Å². The van der Waals surface area contributed by atoms with Crippen LogP contribution in [0.5, 0.6) is 0 Å². The first kappa shape index (κ1) is 16.6. The van der Waals surface area contributed by atoms with Crippen LogP contribution in [0.1, 0.15) is 21.6 Å². The summed E-state index contributed by atoms with van der Waals surface area (Å²) in [6, 6.07) is 16.0. The average Bonchev–Trinajstić information content (AvgIpc) is 2.83. The fraction of sp³-hybridized carbons (Fsp3) is 0.158. The fourth-order valence-corrected chi connectivity index (χ4v) is 2.73. The van der Waals surface area contributed by atoms with Crippen molar-refractivity contribution in [2.75, 3.05) is 5.32 Å². The van der Waals surface area contributed by atoms with Crippen LogP contribution in [0, 0.1) is 6.92 Å². The van der Waals surface area contributed by atoms with Crippen LogP contribution in [0.3, 0.4) is 0 Å². The molecule has 0 amide bonds. The number of aromatic nitrogens is 2. The van der Waals surface area contributed by atoms with Gasteiger partial charge in [-0.3, -0.25) is 9.48 Å². The highest BCUT2D eigenvalue weighted by atomic mass is 16.4. The zero-order chi connectivity index (χ0) is 18.0. The van der Waals surface area contributed by atoms with Gasteiger partial charge in [-0.25, -0.2) is 9.48 Å². The van der Waals surface area contributed by atoms with Crippen LogP contribution in [-0.2, 0) is 13.6 Å². The monoisotopic (exact) mass is 337 g/mol. The van der Waals surface area contributed by atoms with Crippen LogP contribution in [0.25, 0.3) is 5.69 Å². The molecule has 0 radical (unpaired) electrons. The normalized spacial score (nSPS) is 10.6. The molecule has 6 heteroatoms. The summed E-state index contributed by atoms with van der Waals surface area (Å²) in [5.74, 6) is -0.954. The number of benzene rings is 2. The van der Waals surface area contributed by atoms with Crippen molar-refractivity contribution in [1.82, 2.24) is 9.36 Å². The number of anilines is 1. The van der Waals surface area contributed by atoms with E-state index in [4.69, 9.17) is 5.11 Å². The molecule has 0 fully saturated rings. The lowest BCUT2D eigenvalue weighted by molar-refractivity contribution is 0.0697. The predicted octanol–water partition coefficient (Wildman–Crippen LogP) is 2.79. The molecule has 0 atom stereocenters. The lowest BCUT2D eigenvalue weighted by atomic mass is 10.1. The van der Waals surface area contributed by atoms with Gasteiger partial charge in [0.1, 0.15) is 5.69 Å². The Morgan fingerprint density at radius 1 is 1.08 bits per heavy atom. The molecule has 3 aromatic rings. The van der Waals surface area contributed by atoms with Gasteiger partial charge in [0, 0.05) is 13.6 Å². The Balaban J connectivity index is 1.86. The number of hydrogen-bond acceptors (Lipinski definition) is 3. The van der Waals surface area contributed by atoms with Crippen molar-refractivity contribution in [3.8, 4) is 5.69 Å². The molecule has 0 spiro atoms. The summed E-state index contributed by atoms with van der Waals surface area (Å²) in [6.07, 6.45) is 0. The molecule has 0 aliphatic carbocycles. The number of rotatable bonds is 5. The minimum atomic E-state index is -0.954. The first-order chi connectivity index (χ1) is 12.0. The van der Waals surface area contributed by atoms with E-state index in [0.29, 0.717) is 12.2 Å². The maximum absolute atomic E-state index is 12.8. The van der Waals surface area contributed by atoms with Crippen molar-refractivity contribution in [2.45, 2.75) is 13.5 Å². The second kappa shape index (κ2) is 6.68. The zero-order valence-electron chi connectivity index (χ0n) is 14.1. The number of para-hydroxylation sites is 1. The van der Waals surface area contributed by atoms with Gasteiger partial charge in [0.2, 0.25) is 0 Å². The third-order valence-corrected chi connectivity index (χ3v) is 4.22. The molecular weight excluding hydrogens is 318 g/mol. The largest absolute Gasteiger partial charge is 0.478 e. The topological polar surface area (TPSA) is 76.3 Å². The molecule has 0 aliphatic rings. The van der Waals surface area contributed by atoms with Gasteiger partial charge < -0.3 is 10.4 Å². The maximum atomic E-state index is 12.8. The van der Waals surface area contributed by atoms with E-state index in [2.05, 4.69) is 5.32 Å². The SMILES string of the molecule is Cc1c(NCc2ccc(C(=O)O)cc2)c(=O)n(-c2ccccc2)n1C. The molecule has 0 saturated carbocycles. The van der Waals surface area contributed by atoms with Crippen LogP contribution >= 0.6 is 0 Å². The Kier molecular flexibility index (Phi) is 4.43. The number of nitrogens with one attached hydrogen (secondary N) is 1. The summed E-state index contributed by atoms with van der Waals surface area (Å²) >= 11 is 0. The third-order valence-electron chi connectivity index (χ3n) is 4.22. The Morgan fingerprint density at radius 2 is 1.72 bits per heavy atom. The van der Waals surface area contributed by atoms with Crippen molar-refractivity contribution in [1.29, 1.82) is 0 Å². The van der Waals surface area contributed by atoms with E-state index >= 15 is 0 Å². The van der Waals surface area contributed by atoms with Gasteiger partial charge in [-0.15, -0.1) is 0 Å². The molecule has 1 heterocycles. The standard InChI is InChI=1S/C19H19N3O3/c1-13-17(20-12-14-8-10-15(11-9-14)19(24)25)18(23)22(21(13)2)16-6-4-3-5-7-16/h3-11,20H,12H2,1-2H3,(H,24,25). The number of carboxylic acids is 1. The lowest BCUT2D eigenvalue weighted by Gasteiger charge is -2.07. The molecule has 6 nitrogen and oxygen atoms in total. The Hall–Kier alpha value is -3.28. The van der Waals surface area contributed by atoms with E-state index in [1.165, 1.54) is 0 Å². The molecule has 1 aromatic heterocycles. The number of carboxylic acid groups (broad SMARTS) is 1. The molecule has 25 heavy (non-hydrogen) atoms. The van der Waals surface area contributed by atoms with Crippen LogP contribution in [0.2, 0.25) is 0 Å². The first-order valence-electron chi connectivity index (χ1n) is 7.89. The molecule has 0 unspecified atom stereocenters. The van der Waals surface area contributed by atoms with E-state index in [0.717, 1.165) is 16.9 Å². The van der Waals surface area contributed by atoms with E-state index in [1.54, 1.807) is 28.9 Å². The van der Waals surface area contributed by atoms with Crippen molar-refractivity contribution in [3.05, 3.63) is 81.8 Å². The molecule has 3 rings (SSSR count). The van der Waals surface area contributed by atoms with Crippen molar-refractivity contribution >= 4 is 11.7 Å². The number of aromatic carboxylic acids is 1. The summed E-state index contributed by atoms with van der Waals surface area (Å²) in [6.45, 7) is 2.32. The summed E-state index contributed by atoms with van der Waals surface area (Å²) in [5, 5.41) is 12.1. The second-order valence-electron chi connectivity index (χ2n) is 5.79. The highest BCUT2D eigenvalue weighted by Crippen LogP contribution is 2.15. The third kappa shape index (κ3) is 3.19. The van der Waals surface area contributed by atoms with Crippen LogP contribution < -0.4 is 10.9 Å². The van der Waals surface area contributed by atoms with E-state index in [9.17, 15) is 9.59 Å². The highest BCUT2D eigenvalue weighted by molar-refractivity contribution is 5.87. The molecule has 2 aromatic carbocycles. The fourth-order valence-electron chi connectivity index (χ4n) is 2.73. The Morgan fingerprint density at radius 3 is 2.32 bits per heavy atom. The molecule has 0 bridgehead atoms. The van der Waals surface area contributed by atoms with Crippen LogP contribution in [-0.4, -0.2) is 20.4 Å². The number of hydrogen-bond donors (Lipinski definition) is 2. The smallest absolute Gasteiger partial charge is 0.335 e. The summed E-state index contributed by atoms with van der Waals surface area (Å²) in [4.78, 5) is 23.7. The van der Waals surface area contributed by atoms with Crippen molar-refractivity contribution in [2.24, 2.45) is 7.05 Å². The highest BCUT2D eigenvalue weighted by Gasteiger charge is 2.15. The quantitative estimate of drug-likeness (QED) is 0.751. The number of nitrogens with zero attached hydrogens (tertiary/aromatic N) is 2. The first-order valence-corrected chi connectivity index (χ1v) is 7.89. The van der Waals surface area contributed by atoms with Gasteiger partial charge in [-0.1, -0.05) is 30.3 Å². The number of carbonyl (C=O) groups is 1. The van der Waals surface area contributed by atoms with Gasteiger partial charge in [0.05, 0.1) is 16.9 Å². The average molecular weight is 337 g/mol. The van der Waals surface area contributed by atoms with Crippen molar-refractivity contribution in [3.63, 3.8) is 0 Å². The van der Waals surface area contributed by atoms with E-state index in [1.807, 2.05) is 49.0 Å². The van der Waals surface area contributed by atoms with Gasteiger partial charge in [-0.2, -0.15) is 0 Å². The maximum Gasteiger partial charge on any atom is 0.335 e. The van der Waals surface area contributed by atoms with Gasteiger partial charge >= 0.3 is 5.97 Å². The molecule has 128 valence electrons. The van der Waals surface area contributed by atoms with E-state index < -0.39 is 5.97 Å². The summed E-state index contributed by atoms with van der Waals surface area (Å²) in [7, 11) is 1.84. The second-order valence-corrected chi connectivity index (χ2v) is 5.79. The molecule has 2 N–H and O–H groups in total.